The molecule has 2 aromatic heterocycles. The molecule has 180 valence electrons. The molecule has 1 fully saturated rings. The zero-order valence-electron chi connectivity index (χ0n) is 18.5. The van der Waals surface area contributed by atoms with Crippen molar-refractivity contribution in [2.24, 2.45) is 0 Å². The van der Waals surface area contributed by atoms with Gasteiger partial charge in [-0.1, -0.05) is 0 Å². The van der Waals surface area contributed by atoms with Crippen LogP contribution < -0.4 is 19.5 Å². The van der Waals surface area contributed by atoms with Crippen LogP contribution in [0.5, 0.6) is 17.2 Å². The Morgan fingerprint density at radius 2 is 2.00 bits per heavy atom. The number of hydrogen-bond acceptors (Lipinski definition) is 7. The third kappa shape index (κ3) is 5.19. The minimum atomic E-state index is -3.13. The number of imidazole rings is 1. The van der Waals surface area contributed by atoms with E-state index in [1.807, 2.05) is 0 Å². The highest BCUT2D eigenvalue weighted by molar-refractivity contribution is 6.01. The molecule has 0 saturated heterocycles. The number of carbonyl (C=O) groups excluding carboxylic acids is 2. The highest BCUT2D eigenvalue weighted by atomic mass is 19.3. The second kappa shape index (κ2) is 9.94. The Balaban J connectivity index is 1.68. The lowest BCUT2D eigenvalue weighted by Crippen LogP contribution is -2.26. The minimum Gasteiger partial charge on any atom is -0.496 e. The molecule has 1 aliphatic carbocycles. The number of alkyl halides is 2. The number of hydrogen-bond donors (Lipinski definition) is 1. The summed E-state index contributed by atoms with van der Waals surface area (Å²) in [5.74, 6) is -0.828. The summed E-state index contributed by atoms with van der Waals surface area (Å²) in [5, 5.41) is 2.77. The minimum absolute atomic E-state index is 0.0234. The first-order valence-electron chi connectivity index (χ1n) is 10.6. The molecule has 0 atom stereocenters. The van der Waals surface area contributed by atoms with Crippen LogP contribution in [0.3, 0.4) is 0 Å². The van der Waals surface area contributed by atoms with E-state index in [0.29, 0.717) is 22.7 Å². The quantitative estimate of drug-likeness (QED) is 0.449. The van der Waals surface area contributed by atoms with Crippen molar-refractivity contribution in [1.82, 2.24) is 14.7 Å². The van der Waals surface area contributed by atoms with Crippen LogP contribution in [0.15, 0.2) is 36.7 Å². The van der Waals surface area contributed by atoms with Gasteiger partial charge in [-0.05, 0) is 38.0 Å². The predicted molar refractivity (Wildman–Crippen MR) is 116 cm³/mol. The molecule has 1 amide bonds. The van der Waals surface area contributed by atoms with Crippen LogP contribution in [0, 0.1) is 0 Å². The molecule has 1 saturated carbocycles. The standard InChI is InChI=1S/C23H23F2N3O6/c1-3-32-20(29)12-33-15-6-7-28-16(11-26-19(28)10-15)13-8-17(31-2)21(18(9-13)34-23(24)25)22(30)27-14-4-5-14/h6-11,14,23H,3-5,12H2,1-2H3,(H,27,30). The predicted octanol–water partition coefficient (Wildman–Crippen LogP) is 3.45. The largest absolute Gasteiger partial charge is 0.496 e. The van der Waals surface area contributed by atoms with Crippen LogP contribution >= 0.6 is 0 Å². The molecule has 1 aromatic carbocycles. The lowest BCUT2D eigenvalue weighted by atomic mass is 10.1. The van der Waals surface area contributed by atoms with E-state index < -0.39 is 18.5 Å². The van der Waals surface area contributed by atoms with Crippen LogP contribution in [0.4, 0.5) is 8.78 Å². The third-order valence-electron chi connectivity index (χ3n) is 5.08. The number of nitrogens with one attached hydrogen (secondary N) is 1. The molecule has 1 aliphatic rings. The molecular formula is C23H23F2N3O6. The number of amides is 1. The van der Waals surface area contributed by atoms with Gasteiger partial charge in [-0.3, -0.25) is 9.20 Å². The molecule has 0 bridgehead atoms. The molecule has 9 nitrogen and oxygen atoms in total. The lowest BCUT2D eigenvalue weighted by molar-refractivity contribution is -0.145. The van der Waals surface area contributed by atoms with Gasteiger partial charge in [-0.25, -0.2) is 9.78 Å². The van der Waals surface area contributed by atoms with Crippen molar-refractivity contribution >= 4 is 17.5 Å². The maximum absolute atomic E-state index is 13.2. The normalized spacial score (nSPS) is 13.1. The number of benzene rings is 1. The average molecular weight is 475 g/mol. The van der Waals surface area contributed by atoms with E-state index in [1.165, 1.54) is 19.4 Å². The number of fused-ring (bicyclic) bond motifs is 1. The van der Waals surface area contributed by atoms with Gasteiger partial charge in [0.1, 0.15) is 28.5 Å². The molecule has 4 rings (SSSR count). The monoisotopic (exact) mass is 475 g/mol. The molecular weight excluding hydrogens is 452 g/mol. The van der Waals surface area contributed by atoms with Crippen molar-refractivity contribution in [3.8, 4) is 28.5 Å². The van der Waals surface area contributed by atoms with Crippen molar-refractivity contribution < 1.29 is 37.3 Å². The zero-order valence-corrected chi connectivity index (χ0v) is 18.5. The van der Waals surface area contributed by atoms with Crippen molar-refractivity contribution in [2.45, 2.75) is 32.4 Å². The fourth-order valence-corrected chi connectivity index (χ4v) is 3.41. The summed E-state index contributed by atoms with van der Waals surface area (Å²) in [4.78, 5) is 28.5. The number of nitrogens with zero attached hydrogens (tertiary/aromatic N) is 2. The van der Waals surface area contributed by atoms with Crippen LogP contribution in [-0.2, 0) is 9.53 Å². The summed E-state index contributed by atoms with van der Waals surface area (Å²) >= 11 is 0. The molecule has 11 heteroatoms. The van der Waals surface area contributed by atoms with E-state index in [-0.39, 0.29) is 36.3 Å². The Morgan fingerprint density at radius 1 is 1.24 bits per heavy atom. The fraction of sp³-hybridized carbons (Fsp3) is 0.348. The summed E-state index contributed by atoms with van der Waals surface area (Å²) in [6.45, 7) is -1.41. The smallest absolute Gasteiger partial charge is 0.387 e. The number of aromatic nitrogens is 2. The van der Waals surface area contributed by atoms with Gasteiger partial charge in [0.05, 0.1) is 25.6 Å². The maximum Gasteiger partial charge on any atom is 0.387 e. The molecule has 34 heavy (non-hydrogen) atoms. The Labute approximate surface area is 193 Å². The summed E-state index contributed by atoms with van der Waals surface area (Å²) in [6.07, 6.45) is 4.87. The average Bonchev–Trinajstić information content (AvgIpc) is 3.51. The van der Waals surface area contributed by atoms with E-state index in [1.54, 1.807) is 35.7 Å². The molecule has 3 aromatic rings. The number of halogens is 2. The molecule has 0 unspecified atom stereocenters. The maximum atomic E-state index is 13.2. The highest BCUT2D eigenvalue weighted by Crippen LogP contribution is 2.37. The van der Waals surface area contributed by atoms with Crippen LogP contribution in [0.2, 0.25) is 0 Å². The first kappa shape index (κ1) is 23.3. The second-order valence-corrected chi connectivity index (χ2v) is 7.51. The fourth-order valence-electron chi connectivity index (χ4n) is 3.41. The van der Waals surface area contributed by atoms with Crippen LogP contribution in [0.25, 0.3) is 16.9 Å². The molecule has 0 spiro atoms. The van der Waals surface area contributed by atoms with Gasteiger partial charge < -0.3 is 24.3 Å². The van der Waals surface area contributed by atoms with Gasteiger partial charge in [0.2, 0.25) is 0 Å². The summed E-state index contributed by atoms with van der Waals surface area (Å²) < 4.78 is 48.3. The van der Waals surface area contributed by atoms with Gasteiger partial charge in [-0.15, -0.1) is 0 Å². The Hall–Kier alpha value is -3.89. The van der Waals surface area contributed by atoms with E-state index in [9.17, 15) is 18.4 Å². The Morgan fingerprint density at radius 3 is 2.68 bits per heavy atom. The molecule has 0 aliphatic heterocycles. The Bertz CT molecular complexity index is 1210. The summed E-state index contributed by atoms with van der Waals surface area (Å²) in [5.41, 5.74) is 1.38. The van der Waals surface area contributed by atoms with Gasteiger partial charge in [0, 0.05) is 23.9 Å². The third-order valence-corrected chi connectivity index (χ3v) is 5.08. The number of rotatable bonds is 10. The van der Waals surface area contributed by atoms with Crippen molar-refractivity contribution in [3.05, 3.63) is 42.2 Å². The number of esters is 1. The molecule has 2 heterocycles. The molecule has 1 N–H and O–H groups in total. The van der Waals surface area contributed by atoms with Gasteiger partial charge in [0.25, 0.3) is 5.91 Å². The lowest BCUT2D eigenvalue weighted by Gasteiger charge is -2.16. The van der Waals surface area contributed by atoms with Gasteiger partial charge in [-0.2, -0.15) is 8.78 Å². The first-order valence-corrected chi connectivity index (χ1v) is 10.6. The van der Waals surface area contributed by atoms with Crippen molar-refractivity contribution in [3.63, 3.8) is 0 Å². The van der Waals surface area contributed by atoms with Gasteiger partial charge in [0.15, 0.2) is 6.61 Å². The number of carbonyl (C=O) groups is 2. The van der Waals surface area contributed by atoms with Crippen LogP contribution in [0.1, 0.15) is 30.1 Å². The topological polar surface area (TPSA) is 100 Å². The Kier molecular flexibility index (Phi) is 6.80. The van der Waals surface area contributed by atoms with Crippen molar-refractivity contribution in [2.75, 3.05) is 20.3 Å². The summed E-state index contributed by atoms with van der Waals surface area (Å²) in [7, 11) is 1.35. The SMILES string of the molecule is CCOC(=O)COc1ccn2c(-c3cc(OC)c(C(=O)NC4CC4)c(OC(F)F)c3)cnc2c1. The van der Waals surface area contributed by atoms with E-state index in [2.05, 4.69) is 15.0 Å². The summed E-state index contributed by atoms with van der Waals surface area (Å²) in [6, 6.07) is 6.19. The number of pyridine rings is 1. The first-order chi connectivity index (χ1) is 16.4. The van der Waals surface area contributed by atoms with E-state index in [0.717, 1.165) is 12.8 Å². The highest BCUT2D eigenvalue weighted by Gasteiger charge is 2.29. The van der Waals surface area contributed by atoms with E-state index >= 15 is 0 Å². The van der Waals surface area contributed by atoms with E-state index in [4.69, 9.17) is 14.2 Å². The van der Waals surface area contributed by atoms with Crippen LogP contribution in [-0.4, -0.2) is 54.2 Å². The molecule has 0 radical (unpaired) electrons. The zero-order chi connectivity index (χ0) is 24.2. The number of methoxy groups -OCH3 is 1. The van der Waals surface area contributed by atoms with Crippen molar-refractivity contribution in [1.29, 1.82) is 0 Å². The second-order valence-electron chi connectivity index (χ2n) is 7.51. The van der Waals surface area contributed by atoms with Gasteiger partial charge >= 0.3 is 12.6 Å². The number of ether oxygens (including phenoxy) is 4.